The highest BCUT2D eigenvalue weighted by Gasteiger charge is 2.14. The minimum atomic E-state index is -0.744. The predicted molar refractivity (Wildman–Crippen MR) is 106 cm³/mol. The van der Waals surface area contributed by atoms with Gasteiger partial charge in [-0.2, -0.15) is 0 Å². The fraction of sp³-hybridized carbons (Fsp3) is 0.0909. The second-order valence-electron chi connectivity index (χ2n) is 5.89. The van der Waals surface area contributed by atoms with Crippen LogP contribution in [0.25, 0.3) is 0 Å². The highest BCUT2D eigenvalue weighted by atomic mass is 16.5. The Hall–Kier alpha value is -3.80. The van der Waals surface area contributed by atoms with Crippen LogP contribution in [0.3, 0.4) is 0 Å². The van der Waals surface area contributed by atoms with Gasteiger partial charge < -0.3 is 20.1 Å². The minimum Gasteiger partial charge on any atom is -0.496 e. The van der Waals surface area contributed by atoms with Crippen LogP contribution in [0.15, 0.2) is 78.9 Å². The van der Waals surface area contributed by atoms with Crippen LogP contribution in [0.1, 0.15) is 5.56 Å². The summed E-state index contributed by atoms with van der Waals surface area (Å²) in [6.45, 7) is 0.195. The van der Waals surface area contributed by atoms with E-state index in [1.807, 2.05) is 48.5 Å². The van der Waals surface area contributed by atoms with E-state index in [0.29, 0.717) is 17.2 Å². The van der Waals surface area contributed by atoms with Crippen LogP contribution in [0.5, 0.6) is 17.2 Å². The first kappa shape index (κ1) is 19.0. The predicted octanol–water partition coefficient (Wildman–Crippen LogP) is 3.74. The van der Waals surface area contributed by atoms with Crippen LogP contribution in [0, 0.1) is 0 Å². The first-order valence-corrected chi connectivity index (χ1v) is 8.70. The summed E-state index contributed by atoms with van der Waals surface area (Å²) >= 11 is 0. The van der Waals surface area contributed by atoms with Gasteiger partial charge in [-0.25, -0.2) is 0 Å². The van der Waals surface area contributed by atoms with Gasteiger partial charge >= 0.3 is 11.8 Å². The summed E-state index contributed by atoms with van der Waals surface area (Å²) in [5, 5.41) is 5.14. The largest absolute Gasteiger partial charge is 0.496 e. The molecule has 0 saturated heterocycles. The van der Waals surface area contributed by atoms with Crippen LogP contribution < -0.4 is 20.1 Å². The Balaban J connectivity index is 1.53. The Labute approximate surface area is 163 Å². The molecule has 0 aliphatic heterocycles. The Morgan fingerprint density at radius 2 is 1.43 bits per heavy atom. The van der Waals surface area contributed by atoms with Gasteiger partial charge in [-0.3, -0.25) is 9.59 Å². The van der Waals surface area contributed by atoms with E-state index in [1.54, 1.807) is 37.4 Å². The number of amides is 2. The summed E-state index contributed by atoms with van der Waals surface area (Å²) < 4.78 is 10.9. The van der Waals surface area contributed by atoms with Gasteiger partial charge in [0.2, 0.25) is 0 Å². The number of methoxy groups -OCH3 is 1. The van der Waals surface area contributed by atoms with Crippen LogP contribution in [-0.2, 0) is 16.1 Å². The normalized spacial score (nSPS) is 10.0. The molecule has 0 spiro atoms. The fourth-order valence-electron chi connectivity index (χ4n) is 2.52. The second kappa shape index (κ2) is 9.23. The molecule has 0 heterocycles. The number of para-hydroxylation sites is 2. The highest BCUT2D eigenvalue weighted by Crippen LogP contribution is 2.22. The number of rotatable bonds is 6. The number of hydrogen-bond acceptors (Lipinski definition) is 4. The lowest BCUT2D eigenvalue weighted by Crippen LogP contribution is -2.35. The van der Waals surface area contributed by atoms with Crippen molar-refractivity contribution in [3.63, 3.8) is 0 Å². The average Bonchev–Trinajstić information content (AvgIpc) is 2.74. The Bertz CT molecular complexity index is 940. The van der Waals surface area contributed by atoms with Crippen molar-refractivity contribution in [2.24, 2.45) is 0 Å². The van der Waals surface area contributed by atoms with E-state index in [9.17, 15) is 9.59 Å². The number of ether oxygens (including phenoxy) is 2. The Morgan fingerprint density at radius 1 is 0.786 bits per heavy atom. The molecular weight excluding hydrogens is 356 g/mol. The standard InChI is InChI=1S/C22H20N2O4/c1-27-20-10-6-5-7-16(20)15-23-21(25)22(26)24-17-11-13-19(14-12-17)28-18-8-3-2-4-9-18/h2-14H,15H2,1H3,(H,23,25)(H,24,26). The van der Waals surface area contributed by atoms with Gasteiger partial charge in [-0.1, -0.05) is 36.4 Å². The fourth-order valence-corrected chi connectivity index (χ4v) is 2.52. The summed E-state index contributed by atoms with van der Waals surface area (Å²) in [7, 11) is 1.55. The molecule has 6 nitrogen and oxygen atoms in total. The average molecular weight is 376 g/mol. The maximum Gasteiger partial charge on any atom is 0.313 e. The lowest BCUT2D eigenvalue weighted by molar-refractivity contribution is -0.136. The number of anilines is 1. The summed E-state index contributed by atoms with van der Waals surface area (Å²) in [6, 6.07) is 23.4. The van der Waals surface area contributed by atoms with Gasteiger partial charge in [-0.05, 0) is 42.5 Å². The number of carbonyl (C=O) groups excluding carboxylic acids is 2. The van der Waals surface area contributed by atoms with E-state index < -0.39 is 11.8 Å². The zero-order valence-corrected chi connectivity index (χ0v) is 15.3. The van der Waals surface area contributed by atoms with E-state index in [2.05, 4.69) is 10.6 Å². The molecule has 2 N–H and O–H groups in total. The molecule has 3 aromatic carbocycles. The lowest BCUT2D eigenvalue weighted by Gasteiger charge is -2.10. The van der Waals surface area contributed by atoms with E-state index in [0.717, 1.165) is 11.3 Å². The van der Waals surface area contributed by atoms with Gasteiger partial charge in [-0.15, -0.1) is 0 Å². The molecule has 0 aliphatic carbocycles. The first-order chi connectivity index (χ1) is 13.7. The Morgan fingerprint density at radius 3 is 2.14 bits per heavy atom. The van der Waals surface area contributed by atoms with Crippen molar-refractivity contribution in [3.8, 4) is 17.2 Å². The van der Waals surface area contributed by atoms with Gasteiger partial charge in [0, 0.05) is 17.8 Å². The van der Waals surface area contributed by atoms with Crippen LogP contribution in [-0.4, -0.2) is 18.9 Å². The van der Waals surface area contributed by atoms with Crippen molar-refractivity contribution < 1.29 is 19.1 Å². The third-order valence-electron chi connectivity index (χ3n) is 3.93. The van der Waals surface area contributed by atoms with E-state index in [4.69, 9.17) is 9.47 Å². The van der Waals surface area contributed by atoms with Crippen LogP contribution >= 0.6 is 0 Å². The summed E-state index contributed by atoms with van der Waals surface area (Å²) in [6.07, 6.45) is 0. The molecule has 3 rings (SSSR count). The monoisotopic (exact) mass is 376 g/mol. The van der Waals surface area contributed by atoms with Crippen molar-refractivity contribution in [1.29, 1.82) is 0 Å². The minimum absolute atomic E-state index is 0.195. The zero-order chi connectivity index (χ0) is 19.8. The molecule has 0 bridgehead atoms. The van der Waals surface area contributed by atoms with Gasteiger partial charge in [0.25, 0.3) is 0 Å². The molecule has 0 fully saturated rings. The van der Waals surface area contributed by atoms with Crippen LogP contribution in [0.4, 0.5) is 5.69 Å². The quantitative estimate of drug-likeness (QED) is 0.643. The lowest BCUT2D eigenvalue weighted by atomic mass is 10.2. The second-order valence-corrected chi connectivity index (χ2v) is 5.89. The number of nitrogens with one attached hydrogen (secondary N) is 2. The molecule has 28 heavy (non-hydrogen) atoms. The van der Waals surface area contributed by atoms with Gasteiger partial charge in [0.1, 0.15) is 17.2 Å². The topological polar surface area (TPSA) is 76.7 Å². The molecule has 2 amide bonds. The third kappa shape index (κ3) is 5.11. The van der Waals surface area contributed by atoms with E-state index in [-0.39, 0.29) is 6.54 Å². The third-order valence-corrected chi connectivity index (χ3v) is 3.93. The summed E-state index contributed by atoms with van der Waals surface area (Å²) in [5.74, 6) is 0.527. The van der Waals surface area contributed by atoms with Gasteiger partial charge in [0.15, 0.2) is 0 Å². The molecule has 0 unspecified atom stereocenters. The molecule has 142 valence electrons. The maximum atomic E-state index is 12.1. The van der Waals surface area contributed by atoms with E-state index in [1.165, 1.54) is 0 Å². The van der Waals surface area contributed by atoms with Crippen molar-refractivity contribution >= 4 is 17.5 Å². The highest BCUT2D eigenvalue weighted by molar-refractivity contribution is 6.39. The SMILES string of the molecule is COc1ccccc1CNC(=O)C(=O)Nc1ccc(Oc2ccccc2)cc1. The molecule has 0 aromatic heterocycles. The van der Waals surface area contributed by atoms with Gasteiger partial charge in [0.05, 0.1) is 7.11 Å². The number of hydrogen-bond donors (Lipinski definition) is 2. The zero-order valence-electron chi connectivity index (χ0n) is 15.3. The first-order valence-electron chi connectivity index (χ1n) is 8.70. The van der Waals surface area contributed by atoms with Crippen molar-refractivity contribution in [1.82, 2.24) is 5.32 Å². The maximum absolute atomic E-state index is 12.1. The van der Waals surface area contributed by atoms with Crippen molar-refractivity contribution in [3.05, 3.63) is 84.4 Å². The number of benzene rings is 3. The molecular formula is C22H20N2O4. The number of carbonyl (C=O) groups is 2. The molecule has 0 saturated carbocycles. The molecule has 3 aromatic rings. The summed E-state index contributed by atoms with van der Waals surface area (Å²) in [4.78, 5) is 24.1. The van der Waals surface area contributed by atoms with Crippen molar-refractivity contribution in [2.75, 3.05) is 12.4 Å². The summed E-state index contributed by atoms with van der Waals surface area (Å²) in [5.41, 5.74) is 1.28. The molecule has 0 aliphatic rings. The molecule has 0 atom stereocenters. The molecule has 0 radical (unpaired) electrons. The van der Waals surface area contributed by atoms with Crippen molar-refractivity contribution in [2.45, 2.75) is 6.54 Å². The molecule has 6 heteroatoms. The van der Waals surface area contributed by atoms with E-state index >= 15 is 0 Å². The van der Waals surface area contributed by atoms with Crippen LogP contribution in [0.2, 0.25) is 0 Å². The Kier molecular flexibility index (Phi) is 6.25. The smallest absolute Gasteiger partial charge is 0.313 e.